The molecule has 2 aromatic rings. The SMILES string of the molecule is CC(N)=NCCOc1cccc2[nH]c(=O)nc(N)c12. The second-order valence-corrected chi connectivity index (χ2v) is 3.98. The topological polar surface area (TPSA) is 119 Å². The van der Waals surface area contributed by atoms with Crippen molar-refractivity contribution in [3.05, 3.63) is 28.7 Å². The van der Waals surface area contributed by atoms with E-state index < -0.39 is 5.69 Å². The first-order chi connectivity index (χ1) is 9.08. The number of hydrogen-bond acceptors (Lipinski definition) is 5. The van der Waals surface area contributed by atoms with Gasteiger partial charge in [-0.15, -0.1) is 0 Å². The van der Waals surface area contributed by atoms with Gasteiger partial charge in [0, 0.05) is 0 Å². The Kier molecular flexibility index (Phi) is 3.65. The molecule has 0 aliphatic carbocycles. The van der Waals surface area contributed by atoms with Crippen molar-refractivity contribution in [3.63, 3.8) is 0 Å². The van der Waals surface area contributed by atoms with Crippen LogP contribution in [0.3, 0.4) is 0 Å². The predicted molar refractivity (Wildman–Crippen MR) is 74.4 cm³/mol. The van der Waals surface area contributed by atoms with Crippen LogP contribution in [-0.4, -0.2) is 29.0 Å². The van der Waals surface area contributed by atoms with Gasteiger partial charge in [0.05, 0.1) is 23.3 Å². The summed E-state index contributed by atoms with van der Waals surface area (Å²) in [4.78, 5) is 21.5. The predicted octanol–water partition coefficient (Wildman–Crippen LogP) is 0.261. The van der Waals surface area contributed by atoms with Crippen LogP contribution in [0.4, 0.5) is 5.82 Å². The third kappa shape index (κ3) is 3.01. The number of nitrogens with one attached hydrogen (secondary N) is 1. The highest BCUT2D eigenvalue weighted by atomic mass is 16.5. The zero-order valence-electron chi connectivity index (χ0n) is 10.5. The molecule has 100 valence electrons. The summed E-state index contributed by atoms with van der Waals surface area (Å²) in [5.41, 5.74) is 11.3. The Morgan fingerprint density at radius 3 is 3.05 bits per heavy atom. The van der Waals surface area contributed by atoms with Crippen molar-refractivity contribution in [2.24, 2.45) is 10.7 Å². The molecule has 0 radical (unpaired) electrons. The lowest BCUT2D eigenvalue weighted by Gasteiger charge is -2.09. The number of fused-ring (bicyclic) bond motifs is 1. The Morgan fingerprint density at radius 2 is 2.32 bits per heavy atom. The summed E-state index contributed by atoms with van der Waals surface area (Å²) in [5.74, 6) is 1.21. The van der Waals surface area contributed by atoms with Gasteiger partial charge in [-0.25, -0.2) is 4.79 Å². The van der Waals surface area contributed by atoms with Gasteiger partial charge in [-0.3, -0.25) is 4.99 Å². The van der Waals surface area contributed by atoms with Crippen LogP contribution in [0.5, 0.6) is 5.75 Å². The van der Waals surface area contributed by atoms with E-state index in [1.807, 2.05) is 0 Å². The molecule has 0 bridgehead atoms. The second kappa shape index (κ2) is 5.38. The summed E-state index contributed by atoms with van der Waals surface area (Å²) in [6.07, 6.45) is 0. The molecule has 0 saturated carbocycles. The van der Waals surface area contributed by atoms with Gasteiger partial charge in [-0.2, -0.15) is 4.98 Å². The molecule has 7 heteroatoms. The lowest BCUT2D eigenvalue weighted by molar-refractivity contribution is 0.332. The van der Waals surface area contributed by atoms with E-state index in [9.17, 15) is 4.79 Å². The monoisotopic (exact) mass is 261 g/mol. The first-order valence-corrected chi connectivity index (χ1v) is 5.76. The summed E-state index contributed by atoms with van der Waals surface area (Å²) in [6.45, 7) is 2.53. The molecule has 0 amide bonds. The number of aliphatic imine (C=N–C) groups is 1. The highest BCUT2D eigenvalue weighted by Crippen LogP contribution is 2.26. The number of nitrogen functional groups attached to an aromatic ring is 1. The third-order valence-electron chi connectivity index (χ3n) is 2.46. The van der Waals surface area contributed by atoms with Gasteiger partial charge in [-0.1, -0.05) is 6.07 Å². The number of nitrogens with two attached hydrogens (primary N) is 2. The molecule has 1 aromatic heterocycles. The summed E-state index contributed by atoms with van der Waals surface area (Å²) in [5, 5.41) is 0.593. The molecule has 5 N–H and O–H groups in total. The molecule has 1 aromatic carbocycles. The minimum absolute atomic E-state index is 0.146. The maximum Gasteiger partial charge on any atom is 0.347 e. The number of benzene rings is 1. The van der Waals surface area contributed by atoms with Gasteiger partial charge < -0.3 is 21.2 Å². The molecular formula is C12H15N5O2. The molecule has 0 aliphatic rings. The number of rotatable bonds is 4. The van der Waals surface area contributed by atoms with Crippen molar-refractivity contribution in [1.82, 2.24) is 9.97 Å². The van der Waals surface area contributed by atoms with E-state index in [0.29, 0.717) is 35.6 Å². The van der Waals surface area contributed by atoms with Crippen molar-refractivity contribution in [3.8, 4) is 5.75 Å². The highest BCUT2D eigenvalue weighted by molar-refractivity contribution is 5.93. The van der Waals surface area contributed by atoms with E-state index in [0.717, 1.165) is 0 Å². The Bertz CT molecular complexity index is 673. The molecule has 2 rings (SSSR count). The van der Waals surface area contributed by atoms with Crippen molar-refractivity contribution in [2.75, 3.05) is 18.9 Å². The lowest BCUT2D eigenvalue weighted by Crippen LogP contribution is -2.13. The van der Waals surface area contributed by atoms with Crippen LogP contribution in [0.25, 0.3) is 10.9 Å². The van der Waals surface area contributed by atoms with E-state index >= 15 is 0 Å². The molecule has 0 atom stereocenters. The van der Waals surface area contributed by atoms with Crippen LogP contribution in [0.2, 0.25) is 0 Å². The van der Waals surface area contributed by atoms with Crippen LogP contribution in [0.1, 0.15) is 6.92 Å². The fourth-order valence-electron chi connectivity index (χ4n) is 1.71. The number of hydrogen-bond donors (Lipinski definition) is 3. The maximum absolute atomic E-state index is 11.2. The Balaban J connectivity index is 2.28. The number of nitrogens with zero attached hydrogens (tertiary/aromatic N) is 2. The second-order valence-electron chi connectivity index (χ2n) is 3.98. The van der Waals surface area contributed by atoms with E-state index in [4.69, 9.17) is 16.2 Å². The van der Waals surface area contributed by atoms with E-state index in [1.54, 1.807) is 25.1 Å². The minimum Gasteiger partial charge on any atom is -0.491 e. The molecule has 0 spiro atoms. The number of aromatic nitrogens is 2. The average Bonchev–Trinajstić information content (AvgIpc) is 2.33. The fraction of sp³-hybridized carbons (Fsp3) is 0.250. The van der Waals surface area contributed by atoms with Crippen LogP contribution >= 0.6 is 0 Å². The molecule has 0 unspecified atom stereocenters. The summed E-state index contributed by atoms with van der Waals surface area (Å²) in [6, 6.07) is 5.27. The molecule has 19 heavy (non-hydrogen) atoms. The zero-order chi connectivity index (χ0) is 13.8. The quantitative estimate of drug-likeness (QED) is 0.414. The van der Waals surface area contributed by atoms with Gasteiger partial charge in [0.1, 0.15) is 18.2 Å². The van der Waals surface area contributed by atoms with Crippen LogP contribution in [-0.2, 0) is 0 Å². The largest absolute Gasteiger partial charge is 0.491 e. The van der Waals surface area contributed by atoms with Gasteiger partial charge in [0.15, 0.2) is 0 Å². The standard InChI is InChI=1S/C12H15N5O2/c1-7(13)15-5-6-19-9-4-2-3-8-10(9)11(14)17-12(18)16-8/h2-4H,5-6H2,1H3,(H2,13,15)(H3,14,16,17,18). The fourth-order valence-corrected chi connectivity index (χ4v) is 1.71. The van der Waals surface area contributed by atoms with Gasteiger partial charge in [0.2, 0.25) is 0 Å². The molecular weight excluding hydrogens is 246 g/mol. The van der Waals surface area contributed by atoms with E-state index in [2.05, 4.69) is 15.0 Å². The Hall–Kier alpha value is -2.57. The summed E-state index contributed by atoms with van der Waals surface area (Å²) in [7, 11) is 0. The van der Waals surface area contributed by atoms with Crippen molar-refractivity contribution >= 4 is 22.6 Å². The molecule has 7 nitrogen and oxygen atoms in total. The maximum atomic E-state index is 11.2. The number of aromatic amines is 1. The van der Waals surface area contributed by atoms with Crippen LogP contribution in [0, 0.1) is 0 Å². The smallest absolute Gasteiger partial charge is 0.347 e. The van der Waals surface area contributed by atoms with Crippen molar-refractivity contribution in [1.29, 1.82) is 0 Å². The summed E-state index contributed by atoms with van der Waals surface area (Å²) < 4.78 is 5.59. The van der Waals surface area contributed by atoms with Gasteiger partial charge >= 0.3 is 5.69 Å². The highest BCUT2D eigenvalue weighted by Gasteiger charge is 2.08. The van der Waals surface area contributed by atoms with Crippen LogP contribution < -0.4 is 21.9 Å². The average molecular weight is 261 g/mol. The minimum atomic E-state index is -0.481. The van der Waals surface area contributed by atoms with Gasteiger partial charge in [-0.05, 0) is 19.1 Å². The zero-order valence-corrected chi connectivity index (χ0v) is 10.5. The van der Waals surface area contributed by atoms with E-state index in [-0.39, 0.29) is 5.82 Å². The number of H-pyrrole nitrogens is 1. The number of ether oxygens (including phenoxy) is 1. The molecule has 0 saturated heterocycles. The number of amidine groups is 1. The van der Waals surface area contributed by atoms with Crippen molar-refractivity contribution < 1.29 is 4.74 Å². The van der Waals surface area contributed by atoms with Gasteiger partial charge in [0.25, 0.3) is 0 Å². The Morgan fingerprint density at radius 1 is 1.53 bits per heavy atom. The van der Waals surface area contributed by atoms with Crippen molar-refractivity contribution in [2.45, 2.75) is 6.92 Å². The van der Waals surface area contributed by atoms with E-state index in [1.165, 1.54) is 0 Å². The van der Waals surface area contributed by atoms with Crippen LogP contribution in [0.15, 0.2) is 28.0 Å². The molecule has 0 aliphatic heterocycles. The first kappa shape index (κ1) is 12.9. The first-order valence-electron chi connectivity index (χ1n) is 5.76. The number of anilines is 1. The Labute approximate surface area is 109 Å². The normalized spacial score (nSPS) is 11.7. The lowest BCUT2D eigenvalue weighted by atomic mass is 10.2. The summed E-state index contributed by atoms with van der Waals surface area (Å²) >= 11 is 0. The third-order valence-corrected chi connectivity index (χ3v) is 2.46. The molecule has 1 heterocycles. The molecule has 0 fully saturated rings.